The first kappa shape index (κ1) is 8.59. The molecule has 0 aliphatic carbocycles. The van der Waals surface area contributed by atoms with Gasteiger partial charge in [0.05, 0.1) is 0 Å². The normalized spacial score (nSPS) is 10.5. The molecular formula is C9H7NOS2. The van der Waals surface area contributed by atoms with Crippen LogP contribution in [0.25, 0.3) is 10.1 Å². The summed E-state index contributed by atoms with van der Waals surface area (Å²) in [6.07, 6.45) is 0.822. The Kier molecular flexibility index (Phi) is 2.01. The maximum atomic E-state index is 10.7. The zero-order chi connectivity index (χ0) is 9.42. The number of hydrogen-bond donors (Lipinski definition) is 2. The van der Waals surface area contributed by atoms with Crippen molar-refractivity contribution >= 4 is 46.0 Å². The molecule has 1 aromatic carbocycles. The van der Waals surface area contributed by atoms with Crippen LogP contribution in [-0.4, -0.2) is 6.29 Å². The highest BCUT2D eigenvalue weighted by Crippen LogP contribution is 2.32. The quantitative estimate of drug-likeness (QED) is 0.430. The van der Waals surface area contributed by atoms with Crippen LogP contribution in [0.3, 0.4) is 0 Å². The first-order chi connectivity index (χ1) is 6.22. The molecule has 0 unspecified atom stereocenters. The van der Waals surface area contributed by atoms with Crippen molar-refractivity contribution < 1.29 is 4.79 Å². The van der Waals surface area contributed by atoms with E-state index in [2.05, 4.69) is 12.6 Å². The van der Waals surface area contributed by atoms with E-state index < -0.39 is 0 Å². The van der Waals surface area contributed by atoms with Crippen molar-refractivity contribution in [2.24, 2.45) is 0 Å². The summed E-state index contributed by atoms with van der Waals surface area (Å²) in [5.74, 6) is 0. The van der Waals surface area contributed by atoms with Gasteiger partial charge in [-0.15, -0.1) is 24.0 Å². The second-order valence-electron chi connectivity index (χ2n) is 2.73. The van der Waals surface area contributed by atoms with Crippen molar-refractivity contribution in [3.8, 4) is 0 Å². The summed E-state index contributed by atoms with van der Waals surface area (Å²) >= 11 is 5.78. The van der Waals surface area contributed by atoms with E-state index in [0.717, 1.165) is 21.3 Å². The average Bonchev–Trinajstić information content (AvgIpc) is 2.47. The van der Waals surface area contributed by atoms with Crippen LogP contribution in [0.1, 0.15) is 10.4 Å². The van der Waals surface area contributed by atoms with E-state index in [1.165, 1.54) is 11.3 Å². The number of carbonyl (C=O) groups is 1. The molecule has 0 amide bonds. The predicted molar refractivity (Wildman–Crippen MR) is 58.9 cm³/mol. The van der Waals surface area contributed by atoms with Crippen molar-refractivity contribution in [3.63, 3.8) is 0 Å². The van der Waals surface area contributed by atoms with Gasteiger partial charge < -0.3 is 5.73 Å². The van der Waals surface area contributed by atoms with Crippen molar-refractivity contribution in [2.45, 2.75) is 4.90 Å². The molecule has 0 radical (unpaired) electrons. The minimum absolute atomic E-state index is 0.600. The van der Waals surface area contributed by atoms with Crippen LogP contribution in [-0.2, 0) is 0 Å². The molecular weight excluding hydrogens is 202 g/mol. The van der Waals surface area contributed by atoms with Gasteiger partial charge in [0.15, 0.2) is 6.29 Å². The van der Waals surface area contributed by atoms with E-state index in [4.69, 9.17) is 5.73 Å². The van der Waals surface area contributed by atoms with Crippen molar-refractivity contribution in [1.29, 1.82) is 0 Å². The summed E-state index contributed by atoms with van der Waals surface area (Å²) in [6.45, 7) is 0. The molecule has 0 aliphatic heterocycles. The first-order valence-corrected chi connectivity index (χ1v) is 5.00. The van der Waals surface area contributed by atoms with Crippen LogP contribution in [0.2, 0.25) is 0 Å². The molecule has 0 saturated heterocycles. The van der Waals surface area contributed by atoms with Crippen LogP contribution in [0.5, 0.6) is 0 Å². The number of hydrogen-bond acceptors (Lipinski definition) is 4. The van der Waals surface area contributed by atoms with Crippen molar-refractivity contribution in [1.82, 2.24) is 0 Å². The smallest absolute Gasteiger partial charge is 0.151 e. The molecule has 66 valence electrons. The van der Waals surface area contributed by atoms with Gasteiger partial charge in [0.1, 0.15) is 0 Å². The molecule has 2 N–H and O–H groups in total. The zero-order valence-corrected chi connectivity index (χ0v) is 8.36. The van der Waals surface area contributed by atoms with Gasteiger partial charge in [-0.05, 0) is 12.1 Å². The molecule has 4 heteroatoms. The number of carbonyl (C=O) groups excluding carboxylic acids is 1. The third-order valence-corrected chi connectivity index (χ3v) is 3.42. The van der Waals surface area contributed by atoms with Gasteiger partial charge in [-0.3, -0.25) is 4.79 Å². The molecule has 2 nitrogen and oxygen atoms in total. The molecule has 1 aromatic heterocycles. The van der Waals surface area contributed by atoms with Crippen LogP contribution in [0.15, 0.2) is 22.4 Å². The third kappa shape index (κ3) is 1.32. The first-order valence-electron chi connectivity index (χ1n) is 3.67. The maximum absolute atomic E-state index is 10.7. The molecule has 2 aromatic rings. The van der Waals surface area contributed by atoms with E-state index in [9.17, 15) is 4.79 Å². The van der Waals surface area contributed by atoms with E-state index >= 15 is 0 Å². The number of thiol groups is 1. The summed E-state index contributed by atoms with van der Waals surface area (Å²) in [5, 5.41) is 2.86. The van der Waals surface area contributed by atoms with Gasteiger partial charge >= 0.3 is 0 Å². The molecule has 0 aliphatic rings. The number of nitrogens with two attached hydrogens (primary N) is 1. The number of aldehydes is 1. The predicted octanol–water partition coefficient (Wildman–Crippen LogP) is 2.58. The lowest BCUT2D eigenvalue weighted by molar-refractivity contribution is 0.112. The van der Waals surface area contributed by atoms with E-state index in [1.807, 2.05) is 11.4 Å². The zero-order valence-electron chi connectivity index (χ0n) is 6.65. The third-order valence-electron chi connectivity index (χ3n) is 1.83. The lowest BCUT2D eigenvalue weighted by Gasteiger charge is -1.97. The summed E-state index contributed by atoms with van der Waals surface area (Å²) in [4.78, 5) is 11.6. The fraction of sp³-hybridized carbons (Fsp3) is 0. The number of thiophene rings is 1. The Morgan fingerprint density at radius 1 is 1.46 bits per heavy atom. The highest BCUT2D eigenvalue weighted by molar-refractivity contribution is 7.80. The Bertz CT molecular complexity index is 476. The van der Waals surface area contributed by atoms with Gasteiger partial charge in [-0.25, -0.2) is 0 Å². The average molecular weight is 209 g/mol. The molecule has 0 fully saturated rings. The van der Waals surface area contributed by atoms with E-state index in [0.29, 0.717) is 11.3 Å². The lowest BCUT2D eigenvalue weighted by atomic mass is 10.1. The number of benzene rings is 1. The van der Waals surface area contributed by atoms with E-state index in [-0.39, 0.29) is 0 Å². The monoisotopic (exact) mass is 209 g/mol. The maximum Gasteiger partial charge on any atom is 0.151 e. The summed E-state index contributed by atoms with van der Waals surface area (Å²) < 4.78 is 0.953. The van der Waals surface area contributed by atoms with Gasteiger partial charge in [-0.1, -0.05) is 0 Å². The van der Waals surface area contributed by atoms with Gasteiger partial charge in [0.2, 0.25) is 0 Å². The Balaban J connectivity index is 2.91. The Morgan fingerprint density at radius 2 is 2.23 bits per heavy atom. The highest BCUT2D eigenvalue weighted by atomic mass is 32.1. The number of anilines is 1. The number of nitrogen functional groups attached to an aromatic ring is 1. The molecule has 0 spiro atoms. The van der Waals surface area contributed by atoms with Crippen LogP contribution in [0, 0.1) is 0 Å². The Labute approximate surface area is 84.8 Å². The summed E-state index contributed by atoms with van der Waals surface area (Å²) in [7, 11) is 0. The standard InChI is InChI=1S/C9H7NOS2/c10-6-1-5(3-11)9-7(2-6)8(12)4-13-9/h1-4,12H,10H2. The fourth-order valence-corrected chi connectivity index (χ4v) is 2.57. The van der Waals surface area contributed by atoms with Crippen molar-refractivity contribution in [2.75, 3.05) is 5.73 Å². The lowest BCUT2D eigenvalue weighted by Crippen LogP contribution is -1.87. The molecule has 13 heavy (non-hydrogen) atoms. The van der Waals surface area contributed by atoms with E-state index in [1.54, 1.807) is 6.07 Å². The minimum atomic E-state index is 0.600. The van der Waals surface area contributed by atoms with Crippen LogP contribution in [0.4, 0.5) is 5.69 Å². The Morgan fingerprint density at radius 3 is 2.92 bits per heavy atom. The largest absolute Gasteiger partial charge is 0.399 e. The van der Waals surface area contributed by atoms with Crippen molar-refractivity contribution in [3.05, 3.63) is 23.1 Å². The highest BCUT2D eigenvalue weighted by Gasteiger charge is 2.06. The molecule has 0 bridgehead atoms. The van der Waals surface area contributed by atoms with Gasteiger partial charge in [-0.2, -0.15) is 0 Å². The molecule has 2 rings (SSSR count). The Hall–Kier alpha value is -1.00. The molecule has 0 atom stereocenters. The second kappa shape index (κ2) is 3.05. The van der Waals surface area contributed by atoms with Gasteiger partial charge in [0.25, 0.3) is 0 Å². The minimum Gasteiger partial charge on any atom is -0.399 e. The number of fused-ring (bicyclic) bond motifs is 1. The number of rotatable bonds is 1. The van der Waals surface area contributed by atoms with Crippen LogP contribution < -0.4 is 5.73 Å². The van der Waals surface area contributed by atoms with Gasteiger partial charge in [0, 0.05) is 31.6 Å². The second-order valence-corrected chi connectivity index (χ2v) is 4.09. The topological polar surface area (TPSA) is 43.1 Å². The summed E-state index contributed by atoms with van der Waals surface area (Å²) in [6, 6.07) is 3.51. The SMILES string of the molecule is Nc1cc(C=O)c2scc(S)c2c1. The molecule has 0 saturated carbocycles. The van der Waals surface area contributed by atoms with Crippen LogP contribution >= 0.6 is 24.0 Å². The fourth-order valence-electron chi connectivity index (χ4n) is 1.26. The molecule has 1 heterocycles. The summed E-state index contributed by atoms with van der Waals surface area (Å²) in [5.41, 5.74) is 6.88.